The van der Waals surface area contributed by atoms with E-state index >= 15 is 0 Å². The minimum Gasteiger partial charge on any atom is -0.356 e. The summed E-state index contributed by atoms with van der Waals surface area (Å²) in [7, 11) is 0. The number of nitrogens with zero attached hydrogens (tertiary/aromatic N) is 3. The number of piperidine rings is 1. The summed E-state index contributed by atoms with van der Waals surface area (Å²) in [4.78, 5) is 44.3. The lowest BCUT2D eigenvalue weighted by molar-refractivity contribution is -0.135. The first kappa shape index (κ1) is 18.6. The maximum absolute atomic E-state index is 12.6. The monoisotopic (exact) mass is 379 g/mol. The van der Waals surface area contributed by atoms with Crippen molar-refractivity contribution >= 4 is 34.3 Å². The lowest BCUT2D eigenvalue weighted by Gasteiger charge is -2.32. The fourth-order valence-corrected chi connectivity index (χ4v) is 4.08. The Balaban J connectivity index is 1.55. The summed E-state index contributed by atoms with van der Waals surface area (Å²) in [6.07, 6.45) is 2.77. The minimum atomic E-state index is -0.144. The molecule has 4 amide bonds. The van der Waals surface area contributed by atoms with E-state index in [4.69, 9.17) is 0 Å². The SMILES string of the molecule is CCCNC(=O)C1CCCN(C(=O)Cc2csc(N3CCNC3=O)n2)C1. The summed E-state index contributed by atoms with van der Waals surface area (Å²) in [6.45, 7) is 5.06. The van der Waals surface area contributed by atoms with Crippen molar-refractivity contribution in [2.45, 2.75) is 32.6 Å². The van der Waals surface area contributed by atoms with Gasteiger partial charge in [0.1, 0.15) is 0 Å². The Kier molecular flexibility index (Phi) is 6.08. The Morgan fingerprint density at radius 1 is 1.42 bits per heavy atom. The van der Waals surface area contributed by atoms with Crippen LogP contribution in [-0.2, 0) is 16.0 Å². The molecule has 3 heterocycles. The highest BCUT2D eigenvalue weighted by Gasteiger charge is 2.29. The standard InChI is InChI=1S/C17H25N5O3S/c1-2-5-18-15(24)12-4-3-7-21(10-12)14(23)9-13-11-26-17(20-13)22-8-6-19-16(22)25/h11-12H,2-10H2,1H3,(H,18,24)(H,19,25). The number of rotatable bonds is 6. The molecular weight excluding hydrogens is 354 g/mol. The van der Waals surface area contributed by atoms with Gasteiger partial charge in [0.2, 0.25) is 11.8 Å². The van der Waals surface area contributed by atoms with Crippen LogP contribution in [0.5, 0.6) is 0 Å². The molecule has 0 bridgehead atoms. The zero-order chi connectivity index (χ0) is 18.5. The number of likely N-dealkylation sites (tertiary alicyclic amines) is 1. The Hall–Kier alpha value is -2.16. The third-order valence-corrected chi connectivity index (χ3v) is 5.57. The summed E-state index contributed by atoms with van der Waals surface area (Å²) in [5.74, 6) is -0.0976. The molecule has 2 saturated heterocycles. The van der Waals surface area contributed by atoms with E-state index in [1.54, 1.807) is 9.80 Å². The summed E-state index contributed by atoms with van der Waals surface area (Å²) < 4.78 is 0. The molecule has 0 spiro atoms. The second-order valence-electron chi connectivity index (χ2n) is 6.65. The zero-order valence-electron chi connectivity index (χ0n) is 15.0. The van der Waals surface area contributed by atoms with Gasteiger partial charge in [-0.25, -0.2) is 9.78 Å². The molecule has 0 radical (unpaired) electrons. The van der Waals surface area contributed by atoms with E-state index in [2.05, 4.69) is 15.6 Å². The number of carbonyl (C=O) groups is 3. The second-order valence-corrected chi connectivity index (χ2v) is 7.49. The van der Waals surface area contributed by atoms with Crippen molar-refractivity contribution in [3.63, 3.8) is 0 Å². The normalized spacial score (nSPS) is 20.2. The third kappa shape index (κ3) is 4.32. The number of aromatic nitrogens is 1. The first-order valence-electron chi connectivity index (χ1n) is 9.13. The van der Waals surface area contributed by atoms with Gasteiger partial charge in [-0.2, -0.15) is 0 Å². The Morgan fingerprint density at radius 3 is 3.00 bits per heavy atom. The van der Waals surface area contributed by atoms with Crippen LogP contribution >= 0.6 is 11.3 Å². The van der Waals surface area contributed by atoms with Crippen molar-refractivity contribution in [3.05, 3.63) is 11.1 Å². The zero-order valence-corrected chi connectivity index (χ0v) is 15.8. The van der Waals surface area contributed by atoms with Gasteiger partial charge in [0.25, 0.3) is 0 Å². The molecule has 8 nitrogen and oxygen atoms in total. The summed E-state index contributed by atoms with van der Waals surface area (Å²) in [6, 6.07) is -0.144. The highest BCUT2D eigenvalue weighted by Crippen LogP contribution is 2.23. The van der Waals surface area contributed by atoms with Gasteiger partial charge in [0.15, 0.2) is 5.13 Å². The smallest absolute Gasteiger partial charge is 0.323 e. The fraction of sp³-hybridized carbons (Fsp3) is 0.647. The number of hydrogen-bond donors (Lipinski definition) is 2. The molecule has 142 valence electrons. The minimum absolute atomic E-state index is 0.0132. The molecule has 1 aromatic rings. The van der Waals surface area contributed by atoms with Crippen molar-refractivity contribution in [1.29, 1.82) is 0 Å². The van der Waals surface area contributed by atoms with Gasteiger partial charge in [-0.15, -0.1) is 11.3 Å². The van der Waals surface area contributed by atoms with Crippen molar-refractivity contribution in [2.24, 2.45) is 5.92 Å². The van der Waals surface area contributed by atoms with E-state index in [9.17, 15) is 14.4 Å². The fourth-order valence-electron chi connectivity index (χ4n) is 3.23. The quantitative estimate of drug-likeness (QED) is 0.770. The molecule has 0 saturated carbocycles. The van der Waals surface area contributed by atoms with Crippen LogP contribution in [0.3, 0.4) is 0 Å². The molecule has 26 heavy (non-hydrogen) atoms. The van der Waals surface area contributed by atoms with Crippen molar-refractivity contribution in [2.75, 3.05) is 37.6 Å². The molecule has 2 aliphatic heterocycles. The maximum atomic E-state index is 12.6. The van der Waals surface area contributed by atoms with E-state index in [1.165, 1.54) is 11.3 Å². The molecule has 3 rings (SSSR count). The number of amides is 4. The number of hydrogen-bond acceptors (Lipinski definition) is 5. The molecule has 2 aliphatic rings. The number of anilines is 1. The second kappa shape index (κ2) is 8.48. The lowest BCUT2D eigenvalue weighted by atomic mass is 9.96. The largest absolute Gasteiger partial charge is 0.356 e. The van der Waals surface area contributed by atoms with E-state index in [1.807, 2.05) is 12.3 Å². The molecule has 9 heteroatoms. The van der Waals surface area contributed by atoms with Gasteiger partial charge in [-0.3, -0.25) is 14.5 Å². The number of urea groups is 1. The number of nitrogens with one attached hydrogen (secondary N) is 2. The highest BCUT2D eigenvalue weighted by atomic mass is 32.1. The number of thiazole rings is 1. The van der Waals surface area contributed by atoms with Gasteiger partial charge < -0.3 is 15.5 Å². The van der Waals surface area contributed by atoms with E-state index in [0.29, 0.717) is 43.5 Å². The molecule has 1 unspecified atom stereocenters. The third-order valence-electron chi connectivity index (χ3n) is 4.65. The van der Waals surface area contributed by atoms with Crippen LogP contribution in [0.2, 0.25) is 0 Å². The summed E-state index contributed by atoms with van der Waals surface area (Å²) in [5.41, 5.74) is 0.673. The molecule has 1 aromatic heterocycles. The van der Waals surface area contributed by atoms with Gasteiger partial charge in [0, 0.05) is 38.1 Å². The van der Waals surface area contributed by atoms with Crippen LogP contribution in [0.4, 0.5) is 9.93 Å². The van der Waals surface area contributed by atoms with Crippen LogP contribution < -0.4 is 15.5 Å². The molecular formula is C17H25N5O3S. The summed E-state index contributed by atoms with van der Waals surface area (Å²) >= 11 is 1.37. The molecule has 2 fully saturated rings. The predicted octanol–water partition coefficient (Wildman–Crippen LogP) is 0.980. The van der Waals surface area contributed by atoms with Crippen LogP contribution in [0.1, 0.15) is 31.9 Å². The molecule has 0 aliphatic carbocycles. The van der Waals surface area contributed by atoms with Crippen LogP contribution in [0.25, 0.3) is 0 Å². The van der Waals surface area contributed by atoms with Gasteiger partial charge >= 0.3 is 6.03 Å². The maximum Gasteiger partial charge on any atom is 0.323 e. The molecule has 2 N–H and O–H groups in total. The highest BCUT2D eigenvalue weighted by molar-refractivity contribution is 7.14. The van der Waals surface area contributed by atoms with E-state index < -0.39 is 0 Å². The van der Waals surface area contributed by atoms with E-state index in [0.717, 1.165) is 19.3 Å². The van der Waals surface area contributed by atoms with Gasteiger partial charge in [-0.05, 0) is 19.3 Å². The van der Waals surface area contributed by atoms with Crippen molar-refractivity contribution in [1.82, 2.24) is 20.5 Å². The first-order valence-corrected chi connectivity index (χ1v) is 10.0. The van der Waals surface area contributed by atoms with Gasteiger partial charge in [0.05, 0.1) is 18.0 Å². The first-order chi connectivity index (χ1) is 12.6. The van der Waals surface area contributed by atoms with Gasteiger partial charge in [-0.1, -0.05) is 6.92 Å². The van der Waals surface area contributed by atoms with Crippen LogP contribution in [-0.4, -0.2) is 60.5 Å². The Bertz CT molecular complexity index is 677. The van der Waals surface area contributed by atoms with Crippen molar-refractivity contribution < 1.29 is 14.4 Å². The van der Waals surface area contributed by atoms with Crippen LogP contribution in [0, 0.1) is 5.92 Å². The molecule has 1 atom stereocenters. The average Bonchev–Trinajstić information content (AvgIpc) is 3.28. The Labute approximate surface area is 156 Å². The number of carbonyl (C=O) groups excluding carboxylic acids is 3. The van der Waals surface area contributed by atoms with Crippen LogP contribution in [0.15, 0.2) is 5.38 Å². The topological polar surface area (TPSA) is 94.6 Å². The van der Waals surface area contributed by atoms with E-state index in [-0.39, 0.29) is 30.2 Å². The van der Waals surface area contributed by atoms with Crippen molar-refractivity contribution in [3.8, 4) is 0 Å². The summed E-state index contributed by atoms with van der Waals surface area (Å²) in [5, 5.41) is 8.11. The predicted molar refractivity (Wildman–Crippen MR) is 99.2 cm³/mol. The molecule has 0 aromatic carbocycles. The lowest BCUT2D eigenvalue weighted by Crippen LogP contribution is -2.46. The Morgan fingerprint density at radius 2 is 2.27 bits per heavy atom. The average molecular weight is 379 g/mol.